The topological polar surface area (TPSA) is 38.3 Å². The van der Waals surface area contributed by atoms with Crippen LogP contribution in [-0.2, 0) is 21.3 Å². The number of rotatable bonds is 3. The summed E-state index contributed by atoms with van der Waals surface area (Å²) in [6.45, 7) is 4.07. The van der Waals surface area contributed by atoms with E-state index >= 15 is 0 Å². The number of methoxy groups -OCH3 is 1. The van der Waals surface area contributed by atoms with Gasteiger partial charge in [-0.2, -0.15) is 0 Å². The van der Waals surface area contributed by atoms with Crippen LogP contribution in [-0.4, -0.2) is 33.0 Å². The molecule has 0 aliphatic heterocycles. The molecule has 10 heavy (non-hydrogen) atoms. The molecule has 0 atom stereocenters. The average Bonchev–Trinajstić information content (AvgIpc) is 1.81. The molecule has 0 aromatic carbocycles. The molecule has 0 amide bonds. The molecule has 0 saturated carbocycles. The van der Waals surface area contributed by atoms with E-state index in [4.69, 9.17) is 11.8 Å². The van der Waals surface area contributed by atoms with Crippen LogP contribution in [0.25, 0.3) is 0 Å². The number of carbonyl (C=O) groups excluding carboxylic acids is 1. The van der Waals surface area contributed by atoms with Gasteiger partial charge in [-0.1, -0.05) is 11.8 Å². The Morgan fingerprint density at radius 1 is 1.70 bits per heavy atom. The van der Waals surface area contributed by atoms with Gasteiger partial charge in [-0.3, -0.25) is 9.88 Å². The number of carbonyl (C=O) groups is 1. The lowest BCUT2D eigenvalue weighted by Crippen LogP contribution is -2.20. The van der Waals surface area contributed by atoms with Gasteiger partial charge in [0.1, 0.15) is 0 Å². The maximum absolute atomic E-state index is 10.5. The molecule has 0 spiro atoms. The van der Waals surface area contributed by atoms with Gasteiger partial charge in [-0.25, -0.2) is 0 Å². The average molecular weight is 181 g/mol. The summed E-state index contributed by atoms with van der Waals surface area (Å²) in [5.74, 6) is -0.266. The van der Waals surface area contributed by atoms with E-state index in [-0.39, 0.29) is 12.5 Å². The molecule has 5 heteroatoms. The second kappa shape index (κ2) is 4.06. The zero-order valence-electron chi connectivity index (χ0n) is 6.38. The minimum absolute atomic E-state index is 0.223. The lowest BCUT2D eigenvalue weighted by atomic mass is 10.7. The molecule has 1 N–H and O–H groups in total. The molecule has 0 aromatic rings. The summed E-state index contributed by atoms with van der Waals surface area (Å²) in [7, 11) is 1.36. The Bertz CT molecular complexity index is 165. The number of hydrogen-bond acceptors (Lipinski definition) is 3. The summed E-state index contributed by atoms with van der Waals surface area (Å²) in [6.07, 6.45) is -1.45. The van der Waals surface area contributed by atoms with Crippen LogP contribution in [0.4, 0.5) is 0 Å². The van der Waals surface area contributed by atoms with Gasteiger partial charge >= 0.3 is 5.97 Å². The molecule has 3 nitrogen and oxygen atoms in total. The largest absolute Gasteiger partial charge is 0.468 e. The predicted molar refractivity (Wildman–Crippen MR) is 46.2 cm³/mol. The summed E-state index contributed by atoms with van der Waals surface area (Å²) in [5, 5.41) is 2.92. The van der Waals surface area contributed by atoms with Crippen molar-refractivity contribution in [1.82, 2.24) is 5.09 Å². The molecule has 0 radical (unpaired) electrons. The molecular weight excluding hydrogens is 169 g/mol. The number of esters is 1. The lowest BCUT2D eigenvalue weighted by molar-refractivity contribution is -0.139. The fraction of sp³-hybridized carbons (Fsp3) is 0.800. The molecule has 0 heterocycles. The van der Waals surface area contributed by atoms with E-state index in [9.17, 15) is 4.79 Å². The lowest BCUT2D eigenvalue weighted by Gasteiger charge is -2.10. The predicted octanol–water partition coefficient (Wildman–Crippen LogP) is 0.403. The smallest absolute Gasteiger partial charge is 0.319 e. The number of ether oxygens (including phenoxy) is 1. The van der Waals surface area contributed by atoms with Crippen molar-refractivity contribution in [3.05, 3.63) is 0 Å². The van der Waals surface area contributed by atoms with Gasteiger partial charge < -0.3 is 4.74 Å². The monoisotopic (exact) mass is 181 g/mol. The van der Waals surface area contributed by atoms with Crippen LogP contribution in [0.2, 0.25) is 0 Å². The van der Waals surface area contributed by atoms with Gasteiger partial charge in [0.25, 0.3) is 0 Å². The van der Waals surface area contributed by atoms with Crippen LogP contribution in [0.1, 0.15) is 0 Å². The molecular formula is C5H12NO2PS. The van der Waals surface area contributed by atoms with Gasteiger partial charge in [0.05, 0.1) is 13.7 Å². The van der Waals surface area contributed by atoms with Crippen molar-refractivity contribution < 1.29 is 9.53 Å². The van der Waals surface area contributed by atoms with Gasteiger partial charge in [0.15, 0.2) is 0 Å². The maximum Gasteiger partial charge on any atom is 0.319 e. The fourth-order valence-corrected chi connectivity index (χ4v) is 1.03. The second-order valence-corrected chi connectivity index (χ2v) is 8.02. The zero-order valence-corrected chi connectivity index (χ0v) is 8.09. The van der Waals surface area contributed by atoms with E-state index in [0.29, 0.717) is 0 Å². The highest BCUT2D eigenvalue weighted by Crippen LogP contribution is 2.29. The van der Waals surface area contributed by atoms with Crippen molar-refractivity contribution in [2.24, 2.45) is 0 Å². The Hall–Kier alpha value is 0.0800. The third-order valence-corrected chi connectivity index (χ3v) is 2.14. The van der Waals surface area contributed by atoms with Crippen molar-refractivity contribution in [1.29, 1.82) is 0 Å². The molecule has 0 aliphatic carbocycles. The quantitative estimate of drug-likeness (QED) is 0.505. The zero-order chi connectivity index (χ0) is 8.20. The standard InChI is InChI=1S/C5H12NO2PS/c1-8-5(7)4-6-9(2,3)10/h4H2,1-3H3,(H,6,10). The molecule has 0 unspecified atom stereocenters. The van der Waals surface area contributed by atoms with Crippen LogP contribution < -0.4 is 5.09 Å². The highest BCUT2D eigenvalue weighted by atomic mass is 32.4. The van der Waals surface area contributed by atoms with E-state index in [1.165, 1.54) is 7.11 Å². The van der Waals surface area contributed by atoms with Crippen LogP contribution in [0.5, 0.6) is 0 Å². The van der Waals surface area contributed by atoms with E-state index < -0.39 is 6.19 Å². The second-order valence-electron chi connectivity index (χ2n) is 2.26. The van der Waals surface area contributed by atoms with Gasteiger partial charge in [-0.15, -0.1) is 0 Å². The Labute approximate surface area is 66.2 Å². The third-order valence-electron chi connectivity index (χ3n) is 0.832. The maximum atomic E-state index is 10.5. The minimum Gasteiger partial charge on any atom is -0.468 e. The molecule has 0 saturated heterocycles. The Morgan fingerprint density at radius 2 is 2.20 bits per heavy atom. The van der Waals surface area contributed by atoms with Crippen molar-refractivity contribution in [2.75, 3.05) is 27.0 Å². The van der Waals surface area contributed by atoms with E-state index in [0.717, 1.165) is 0 Å². The van der Waals surface area contributed by atoms with E-state index in [1.807, 2.05) is 13.3 Å². The van der Waals surface area contributed by atoms with Crippen molar-refractivity contribution in [2.45, 2.75) is 0 Å². The van der Waals surface area contributed by atoms with Gasteiger partial charge in [0.2, 0.25) is 0 Å². The summed E-state index contributed by atoms with van der Waals surface area (Å²) in [4.78, 5) is 10.5. The molecule has 0 rings (SSSR count). The van der Waals surface area contributed by atoms with E-state index in [2.05, 4.69) is 9.82 Å². The Kier molecular flexibility index (Phi) is 4.09. The Morgan fingerprint density at radius 3 is 2.50 bits per heavy atom. The van der Waals surface area contributed by atoms with Crippen molar-refractivity contribution >= 4 is 24.0 Å². The summed E-state index contributed by atoms with van der Waals surface area (Å²) in [6, 6.07) is 0. The number of hydrogen-bond donors (Lipinski definition) is 1. The van der Waals surface area contributed by atoms with Crippen LogP contribution in [0.15, 0.2) is 0 Å². The summed E-state index contributed by atoms with van der Waals surface area (Å²) in [5.41, 5.74) is 0. The fourth-order valence-electron chi connectivity index (χ4n) is 0.327. The molecule has 0 aliphatic rings. The van der Waals surface area contributed by atoms with Gasteiger partial charge in [-0.05, 0) is 13.3 Å². The molecule has 0 aromatic heterocycles. The van der Waals surface area contributed by atoms with Crippen molar-refractivity contribution in [3.8, 4) is 0 Å². The van der Waals surface area contributed by atoms with Crippen LogP contribution in [0.3, 0.4) is 0 Å². The highest BCUT2D eigenvalue weighted by molar-refractivity contribution is 8.13. The first-order valence-electron chi connectivity index (χ1n) is 2.82. The first-order valence-corrected chi connectivity index (χ1v) is 6.52. The van der Waals surface area contributed by atoms with Crippen LogP contribution >= 0.6 is 6.19 Å². The first-order chi connectivity index (χ1) is 4.45. The normalized spacial score (nSPS) is 11.1. The Balaban J connectivity index is 3.56. The van der Waals surface area contributed by atoms with Crippen molar-refractivity contribution in [3.63, 3.8) is 0 Å². The molecule has 0 fully saturated rings. The summed E-state index contributed by atoms with van der Waals surface area (Å²) < 4.78 is 4.42. The first kappa shape index (κ1) is 10.1. The highest BCUT2D eigenvalue weighted by Gasteiger charge is 2.04. The van der Waals surface area contributed by atoms with Gasteiger partial charge in [0, 0.05) is 6.19 Å². The number of nitrogens with one attached hydrogen (secondary N) is 1. The molecule has 0 bridgehead atoms. The SMILES string of the molecule is COC(=O)CNP(C)(C)=S. The third kappa shape index (κ3) is 6.20. The van der Waals surface area contributed by atoms with E-state index in [1.54, 1.807) is 0 Å². The minimum atomic E-state index is -1.45. The van der Waals surface area contributed by atoms with Crippen LogP contribution in [0, 0.1) is 0 Å². The molecule has 60 valence electrons. The summed E-state index contributed by atoms with van der Waals surface area (Å²) >= 11 is 5.04.